The minimum Gasteiger partial charge on any atom is -0.493 e. The molecule has 0 aliphatic rings. The van der Waals surface area contributed by atoms with E-state index in [-0.39, 0.29) is 6.79 Å². The van der Waals surface area contributed by atoms with Crippen LogP contribution in [0.2, 0.25) is 0 Å². The van der Waals surface area contributed by atoms with Gasteiger partial charge in [-0.1, -0.05) is 19.1 Å². The Kier molecular flexibility index (Phi) is 5.67. The van der Waals surface area contributed by atoms with Gasteiger partial charge in [0.15, 0.2) is 18.3 Å². The van der Waals surface area contributed by atoms with Crippen LogP contribution in [0.5, 0.6) is 11.5 Å². The molecule has 0 saturated carbocycles. The smallest absolute Gasteiger partial charge is 0.188 e. The number of para-hydroxylation sites is 1. The summed E-state index contributed by atoms with van der Waals surface area (Å²) in [4.78, 5) is 0. The maximum atomic E-state index is 5.52. The van der Waals surface area contributed by atoms with E-state index < -0.39 is 0 Å². The zero-order chi connectivity index (χ0) is 11.8. The van der Waals surface area contributed by atoms with Gasteiger partial charge in [-0.25, -0.2) is 0 Å². The van der Waals surface area contributed by atoms with Gasteiger partial charge in [0.2, 0.25) is 0 Å². The Balaban J connectivity index is 2.86. The molecule has 0 amide bonds. The van der Waals surface area contributed by atoms with Crippen molar-refractivity contribution in [3.8, 4) is 11.5 Å². The summed E-state index contributed by atoms with van der Waals surface area (Å²) in [7, 11) is 3.23. The molecule has 0 radical (unpaired) electrons. The minimum absolute atomic E-state index is 0.222. The van der Waals surface area contributed by atoms with Gasteiger partial charge in [0.1, 0.15) is 0 Å². The number of hydrogen-bond acceptors (Lipinski definition) is 4. The Morgan fingerprint density at radius 2 is 2.06 bits per heavy atom. The van der Waals surface area contributed by atoms with Crippen molar-refractivity contribution in [1.29, 1.82) is 0 Å². The standard InChI is InChI=1S/C12H19NO3/c1-4-13-8-10-6-5-7-11(15-3)12(10)16-9-14-2/h5-7,13H,4,8-9H2,1-3H3. The molecule has 0 atom stereocenters. The molecule has 0 heterocycles. The van der Waals surface area contributed by atoms with Gasteiger partial charge < -0.3 is 19.5 Å². The normalized spacial score (nSPS) is 10.2. The van der Waals surface area contributed by atoms with Crippen molar-refractivity contribution in [2.75, 3.05) is 27.6 Å². The first-order valence-electron chi connectivity index (χ1n) is 5.31. The predicted molar refractivity (Wildman–Crippen MR) is 62.9 cm³/mol. The summed E-state index contributed by atoms with van der Waals surface area (Å²) in [6.45, 7) is 3.96. The Labute approximate surface area is 96.5 Å². The molecule has 1 N–H and O–H groups in total. The molecule has 0 aromatic heterocycles. The van der Waals surface area contributed by atoms with Crippen molar-refractivity contribution in [2.24, 2.45) is 0 Å². The maximum Gasteiger partial charge on any atom is 0.188 e. The van der Waals surface area contributed by atoms with Crippen molar-refractivity contribution in [3.63, 3.8) is 0 Å². The van der Waals surface area contributed by atoms with Crippen molar-refractivity contribution < 1.29 is 14.2 Å². The first kappa shape index (κ1) is 12.8. The zero-order valence-electron chi connectivity index (χ0n) is 10.1. The molecular formula is C12H19NO3. The second kappa shape index (κ2) is 7.09. The largest absolute Gasteiger partial charge is 0.493 e. The Morgan fingerprint density at radius 3 is 2.69 bits per heavy atom. The van der Waals surface area contributed by atoms with Crippen LogP contribution < -0.4 is 14.8 Å². The average Bonchev–Trinajstić information content (AvgIpc) is 2.33. The van der Waals surface area contributed by atoms with E-state index in [1.807, 2.05) is 18.2 Å². The van der Waals surface area contributed by atoms with Crippen LogP contribution >= 0.6 is 0 Å². The van der Waals surface area contributed by atoms with Crippen molar-refractivity contribution in [2.45, 2.75) is 13.5 Å². The quantitative estimate of drug-likeness (QED) is 0.718. The number of ether oxygens (including phenoxy) is 3. The molecular weight excluding hydrogens is 206 g/mol. The van der Waals surface area contributed by atoms with Gasteiger partial charge in [0, 0.05) is 19.2 Å². The lowest BCUT2D eigenvalue weighted by atomic mass is 10.2. The average molecular weight is 225 g/mol. The molecule has 0 aliphatic carbocycles. The van der Waals surface area contributed by atoms with Crippen LogP contribution in [0.4, 0.5) is 0 Å². The topological polar surface area (TPSA) is 39.7 Å². The minimum atomic E-state index is 0.222. The molecule has 0 spiro atoms. The van der Waals surface area contributed by atoms with E-state index >= 15 is 0 Å². The summed E-state index contributed by atoms with van der Waals surface area (Å²) in [5.41, 5.74) is 1.07. The summed E-state index contributed by atoms with van der Waals surface area (Å²) in [5.74, 6) is 1.47. The molecule has 0 saturated heterocycles. The molecule has 90 valence electrons. The highest BCUT2D eigenvalue weighted by atomic mass is 16.7. The first-order chi connectivity index (χ1) is 7.83. The Hall–Kier alpha value is -1.26. The van der Waals surface area contributed by atoms with E-state index in [1.165, 1.54) is 0 Å². The second-order valence-corrected chi connectivity index (χ2v) is 3.28. The number of nitrogens with one attached hydrogen (secondary N) is 1. The third-order valence-electron chi connectivity index (χ3n) is 2.17. The Bertz CT molecular complexity index is 315. The van der Waals surface area contributed by atoms with Crippen LogP contribution in [0.1, 0.15) is 12.5 Å². The van der Waals surface area contributed by atoms with Gasteiger partial charge in [0.25, 0.3) is 0 Å². The Morgan fingerprint density at radius 1 is 1.25 bits per heavy atom. The first-order valence-corrected chi connectivity index (χ1v) is 5.31. The van der Waals surface area contributed by atoms with E-state index in [0.717, 1.165) is 30.2 Å². The number of hydrogen-bond donors (Lipinski definition) is 1. The predicted octanol–water partition coefficient (Wildman–Crippen LogP) is 1.79. The lowest BCUT2D eigenvalue weighted by Crippen LogP contribution is -2.13. The van der Waals surface area contributed by atoms with E-state index in [9.17, 15) is 0 Å². The molecule has 4 heteroatoms. The molecule has 0 aliphatic heterocycles. The van der Waals surface area contributed by atoms with E-state index in [4.69, 9.17) is 14.2 Å². The van der Waals surface area contributed by atoms with Crippen LogP contribution in [-0.2, 0) is 11.3 Å². The fraction of sp³-hybridized carbons (Fsp3) is 0.500. The van der Waals surface area contributed by atoms with Crippen LogP contribution in [0.3, 0.4) is 0 Å². The third-order valence-corrected chi connectivity index (χ3v) is 2.17. The lowest BCUT2D eigenvalue weighted by Gasteiger charge is -2.14. The second-order valence-electron chi connectivity index (χ2n) is 3.28. The van der Waals surface area contributed by atoms with Crippen LogP contribution in [0.25, 0.3) is 0 Å². The van der Waals surface area contributed by atoms with Gasteiger partial charge in [-0.2, -0.15) is 0 Å². The van der Waals surface area contributed by atoms with Gasteiger partial charge in [-0.3, -0.25) is 0 Å². The van der Waals surface area contributed by atoms with Crippen molar-refractivity contribution in [1.82, 2.24) is 5.32 Å². The number of benzene rings is 1. The van der Waals surface area contributed by atoms with Gasteiger partial charge in [-0.05, 0) is 12.6 Å². The summed E-state index contributed by atoms with van der Waals surface area (Å²) >= 11 is 0. The monoisotopic (exact) mass is 225 g/mol. The van der Waals surface area contributed by atoms with Gasteiger partial charge >= 0.3 is 0 Å². The highest BCUT2D eigenvalue weighted by molar-refractivity contribution is 5.46. The van der Waals surface area contributed by atoms with Crippen molar-refractivity contribution >= 4 is 0 Å². The van der Waals surface area contributed by atoms with Crippen LogP contribution in [0, 0.1) is 0 Å². The number of methoxy groups -OCH3 is 2. The lowest BCUT2D eigenvalue weighted by molar-refractivity contribution is 0.0483. The summed E-state index contributed by atoms with van der Waals surface area (Å²) < 4.78 is 15.7. The zero-order valence-corrected chi connectivity index (χ0v) is 10.1. The fourth-order valence-electron chi connectivity index (χ4n) is 1.40. The molecule has 16 heavy (non-hydrogen) atoms. The number of rotatable bonds is 7. The fourth-order valence-corrected chi connectivity index (χ4v) is 1.40. The molecule has 0 bridgehead atoms. The van der Waals surface area contributed by atoms with E-state index in [0.29, 0.717) is 0 Å². The molecule has 1 aromatic rings. The summed E-state index contributed by atoms with van der Waals surface area (Å²) in [6, 6.07) is 5.84. The molecule has 4 nitrogen and oxygen atoms in total. The third kappa shape index (κ3) is 3.40. The molecule has 1 aromatic carbocycles. The van der Waals surface area contributed by atoms with Crippen LogP contribution in [0.15, 0.2) is 18.2 Å². The summed E-state index contributed by atoms with van der Waals surface area (Å²) in [6.07, 6.45) is 0. The molecule has 0 fully saturated rings. The van der Waals surface area contributed by atoms with E-state index in [2.05, 4.69) is 12.2 Å². The van der Waals surface area contributed by atoms with Gasteiger partial charge in [-0.15, -0.1) is 0 Å². The van der Waals surface area contributed by atoms with Gasteiger partial charge in [0.05, 0.1) is 7.11 Å². The maximum absolute atomic E-state index is 5.52. The molecule has 1 rings (SSSR count). The highest BCUT2D eigenvalue weighted by Gasteiger charge is 2.09. The summed E-state index contributed by atoms with van der Waals surface area (Å²) in [5, 5.41) is 3.26. The molecule has 0 unspecified atom stereocenters. The van der Waals surface area contributed by atoms with Crippen molar-refractivity contribution in [3.05, 3.63) is 23.8 Å². The highest BCUT2D eigenvalue weighted by Crippen LogP contribution is 2.30. The van der Waals surface area contributed by atoms with E-state index in [1.54, 1.807) is 14.2 Å². The SMILES string of the molecule is CCNCc1cccc(OC)c1OCOC. The van der Waals surface area contributed by atoms with Crippen LogP contribution in [-0.4, -0.2) is 27.6 Å².